The summed E-state index contributed by atoms with van der Waals surface area (Å²) in [7, 11) is 0. The van der Waals surface area contributed by atoms with Crippen LogP contribution in [0.15, 0.2) is 188 Å². The zero-order chi connectivity index (χ0) is 34.6. The molecule has 242 valence electrons. The summed E-state index contributed by atoms with van der Waals surface area (Å²) in [6.07, 6.45) is 0.902. The molecule has 0 amide bonds. The minimum Gasteiger partial charge on any atom is -0.298 e. The van der Waals surface area contributed by atoms with Gasteiger partial charge in [-0.25, -0.2) is 0 Å². The molecule has 0 N–H and O–H groups in total. The monoisotopic (exact) mass is 660 g/mol. The lowest BCUT2D eigenvalue weighted by atomic mass is 9.84. The van der Waals surface area contributed by atoms with Gasteiger partial charge in [-0.2, -0.15) is 0 Å². The second-order valence-corrected chi connectivity index (χ2v) is 13.7. The molecule has 0 unspecified atom stereocenters. The third-order valence-corrected chi connectivity index (χ3v) is 10.6. The molecule has 1 heteroatoms. The second-order valence-electron chi connectivity index (χ2n) is 13.7. The average molecular weight is 661 g/mol. The molecule has 0 heterocycles. The number of aldehydes is 1. The molecule has 0 aromatic heterocycles. The first-order valence-corrected chi connectivity index (χ1v) is 17.8. The van der Waals surface area contributed by atoms with Gasteiger partial charge in [-0.15, -0.1) is 0 Å². The molecule has 0 spiro atoms. The van der Waals surface area contributed by atoms with Gasteiger partial charge in [0.1, 0.15) is 6.29 Å². The minimum atomic E-state index is 0.684. The summed E-state index contributed by atoms with van der Waals surface area (Å²) in [5, 5.41) is 12.3. The number of fused-ring (bicyclic) bond motifs is 5. The number of hydrogen-bond donors (Lipinski definition) is 0. The van der Waals surface area contributed by atoms with Crippen molar-refractivity contribution in [1.82, 2.24) is 0 Å². The van der Waals surface area contributed by atoms with Crippen molar-refractivity contribution in [2.24, 2.45) is 0 Å². The van der Waals surface area contributed by atoms with Gasteiger partial charge in [-0.3, -0.25) is 4.79 Å². The highest BCUT2D eigenvalue weighted by Crippen LogP contribution is 2.46. The highest BCUT2D eigenvalue weighted by atomic mass is 16.1. The molecule has 0 aliphatic carbocycles. The third kappa shape index (κ3) is 5.06. The standard InChI is InChI=1S/C51H32O/c52-32-33-8-7-13-36(26-33)39-18-19-41-28-42(21-20-40(41)27-39)43-24-25-48-49(31-43)51(45-23-17-35-10-2-4-12-38(35)30-45)47-15-6-5-14-46(47)50(48)44-22-16-34-9-1-3-11-37(34)29-44/h1-32H. The molecular formula is C51H32O. The van der Waals surface area contributed by atoms with Crippen LogP contribution in [0.1, 0.15) is 10.4 Å². The maximum Gasteiger partial charge on any atom is 0.150 e. The molecule has 10 aromatic rings. The SMILES string of the molecule is O=Cc1cccc(-c2ccc3cc(-c4ccc5c(-c6ccc7ccccc7c6)c6ccccc6c(-c6ccc7ccccc7c6)c5c4)ccc3c2)c1. The van der Waals surface area contributed by atoms with Crippen LogP contribution in [0.3, 0.4) is 0 Å². The van der Waals surface area contributed by atoms with Crippen LogP contribution >= 0.6 is 0 Å². The maximum absolute atomic E-state index is 11.4. The molecular weight excluding hydrogens is 629 g/mol. The Bertz CT molecular complexity index is 3040. The van der Waals surface area contributed by atoms with Gasteiger partial charge in [0, 0.05) is 5.56 Å². The van der Waals surface area contributed by atoms with E-state index in [1.165, 1.54) is 87.2 Å². The van der Waals surface area contributed by atoms with Gasteiger partial charge in [0.15, 0.2) is 0 Å². The molecule has 0 fully saturated rings. The van der Waals surface area contributed by atoms with Crippen LogP contribution in [0.2, 0.25) is 0 Å². The van der Waals surface area contributed by atoms with Gasteiger partial charge >= 0.3 is 0 Å². The molecule has 0 radical (unpaired) electrons. The molecule has 0 atom stereocenters. The third-order valence-electron chi connectivity index (χ3n) is 10.6. The smallest absolute Gasteiger partial charge is 0.150 e. The normalized spacial score (nSPS) is 11.5. The van der Waals surface area contributed by atoms with Crippen LogP contribution in [0.5, 0.6) is 0 Å². The summed E-state index contributed by atoms with van der Waals surface area (Å²) in [6, 6.07) is 67.9. The number of benzene rings is 10. The fourth-order valence-corrected chi connectivity index (χ4v) is 8.07. The van der Waals surface area contributed by atoms with E-state index in [4.69, 9.17) is 0 Å². The van der Waals surface area contributed by atoms with E-state index < -0.39 is 0 Å². The Balaban J connectivity index is 1.20. The van der Waals surface area contributed by atoms with Crippen molar-refractivity contribution in [3.8, 4) is 44.5 Å². The van der Waals surface area contributed by atoms with Gasteiger partial charge in [0.05, 0.1) is 0 Å². The molecule has 0 saturated heterocycles. The van der Waals surface area contributed by atoms with E-state index in [1.807, 2.05) is 18.2 Å². The number of carbonyl (C=O) groups is 1. The summed E-state index contributed by atoms with van der Waals surface area (Å²) in [6.45, 7) is 0. The fraction of sp³-hybridized carbons (Fsp3) is 0. The van der Waals surface area contributed by atoms with Crippen LogP contribution in [-0.4, -0.2) is 6.29 Å². The van der Waals surface area contributed by atoms with E-state index in [0.717, 1.165) is 17.4 Å². The van der Waals surface area contributed by atoms with Crippen molar-refractivity contribution in [3.05, 3.63) is 194 Å². The van der Waals surface area contributed by atoms with Crippen LogP contribution in [0.4, 0.5) is 0 Å². The van der Waals surface area contributed by atoms with Crippen LogP contribution in [0.25, 0.3) is 98.4 Å². The van der Waals surface area contributed by atoms with Gasteiger partial charge in [-0.1, -0.05) is 152 Å². The Labute approximate surface area is 302 Å². The quantitative estimate of drug-likeness (QED) is 0.133. The molecule has 52 heavy (non-hydrogen) atoms. The number of carbonyl (C=O) groups excluding carboxylic acids is 1. The second kappa shape index (κ2) is 12.2. The van der Waals surface area contributed by atoms with Gasteiger partial charge in [-0.05, 0) is 135 Å². The van der Waals surface area contributed by atoms with Crippen molar-refractivity contribution < 1.29 is 4.79 Å². The summed E-state index contributed by atoms with van der Waals surface area (Å²) in [5.74, 6) is 0. The Morgan fingerprint density at radius 1 is 0.269 bits per heavy atom. The zero-order valence-corrected chi connectivity index (χ0v) is 28.4. The molecule has 10 rings (SSSR count). The van der Waals surface area contributed by atoms with Crippen molar-refractivity contribution >= 4 is 60.1 Å². The Kier molecular flexibility index (Phi) is 7.04. The largest absolute Gasteiger partial charge is 0.298 e. The topological polar surface area (TPSA) is 17.1 Å². The lowest BCUT2D eigenvalue weighted by Crippen LogP contribution is -1.92. The fourth-order valence-electron chi connectivity index (χ4n) is 8.07. The van der Waals surface area contributed by atoms with E-state index in [2.05, 4.69) is 170 Å². The summed E-state index contributed by atoms with van der Waals surface area (Å²) >= 11 is 0. The highest BCUT2D eigenvalue weighted by molar-refractivity contribution is 6.22. The molecule has 1 nitrogen and oxygen atoms in total. The Morgan fingerprint density at radius 3 is 1.27 bits per heavy atom. The lowest BCUT2D eigenvalue weighted by Gasteiger charge is -2.19. The highest BCUT2D eigenvalue weighted by Gasteiger charge is 2.18. The first kappa shape index (κ1) is 30.0. The zero-order valence-electron chi connectivity index (χ0n) is 28.4. The summed E-state index contributed by atoms with van der Waals surface area (Å²) in [5.41, 5.74) is 10.1. The van der Waals surface area contributed by atoms with E-state index in [0.29, 0.717) is 5.56 Å². The predicted molar refractivity (Wildman–Crippen MR) is 221 cm³/mol. The molecule has 0 aliphatic heterocycles. The van der Waals surface area contributed by atoms with Crippen LogP contribution < -0.4 is 0 Å². The number of hydrogen-bond acceptors (Lipinski definition) is 1. The molecule has 0 aliphatic rings. The first-order valence-electron chi connectivity index (χ1n) is 17.8. The van der Waals surface area contributed by atoms with E-state index >= 15 is 0 Å². The predicted octanol–water partition coefficient (Wildman–Crippen LogP) is 13.9. The van der Waals surface area contributed by atoms with Crippen LogP contribution in [-0.2, 0) is 0 Å². The average Bonchev–Trinajstić information content (AvgIpc) is 3.21. The van der Waals surface area contributed by atoms with Crippen molar-refractivity contribution in [2.75, 3.05) is 0 Å². The van der Waals surface area contributed by atoms with E-state index in [-0.39, 0.29) is 0 Å². The number of rotatable bonds is 5. The first-order chi connectivity index (χ1) is 25.7. The van der Waals surface area contributed by atoms with Crippen molar-refractivity contribution in [1.29, 1.82) is 0 Å². The van der Waals surface area contributed by atoms with E-state index in [1.54, 1.807) is 0 Å². The Hall–Kier alpha value is -6.83. The van der Waals surface area contributed by atoms with Gasteiger partial charge in [0.25, 0.3) is 0 Å². The van der Waals surface area contributed by atoms with Gasteiger partial charge in [0.2, 0.25) is 0 Å². The van der Waals surface area contributed by atoms with Gasteiger partial charge < -0.3 is 0 Å². The summed E-state index contributed by atoms with van der Waals surface area (Å²) < 4.78 is 0. The maximum atomic E-state index is 11.4. The van der Waals surface area contributed by atoms with Crippen molar-refractivity contribution in [3.63, 3.8) is 0 Å². The molecule has 10 aromatic carbocycles. The summed E-state index contributed by atoms with van der Waals surface area (Å²) in [4.78, 5) is 11.4. The van der Waals surface area contributed by atoms with Crippen molar-refractivity contribution in [2.45, 2.75) is 0 Å². The minimum absolute atomic E-state index is 0.684. The Morgan fingerprint density at radius 2 is 0.673 bits per heavy atom. The van der Waals surface area contributed by atoms with Crippen LogP contribution in [0, 0.1) is 0 Å². The molecule has 0 saturated carbocycles. The molecule has 0 bridgehead atoms. The lowest BCUT2D eigenvalue weighted by molar-refractivity contribution is 0.112. The van der Waals surface area contributed by atoms with E-state index in [9.17, 15) is 4.79 Å².